The summed E-state index contributed by atoms with van der Waals surface area (Å²) >= 11 is 5.81. The van der Waals surface area contributed by atoms with Gasteiger partial charge in [-0.25, -0.2) is 0 Å². The molecular formula is C9H7ClF3N5. The number of benzene rings is 1. The van der Waals surface area contributed by atoms with E-state index in [4.69, 9.17) is 17.3 Å². The first-order chi connectivity index (χ1) is 8.41. The SMILES string of the molecule is NCc1nnn(-c2cc(C(F)(F)F)ccc2Cl)n1. The van der Waals surface area contributed by atoms with Crippen molar-refractivity contribution in [2.75, 3.05) is 0 Å². The lowest BCUT2D eigenvalue weighted by molar-refractivity contribution is -0.137. The van der Waals surface area contributed by atoms with Gasteiger partial charge < -0.3 is 5.73 Å². The van der Waals surface area contributed by atoms with Gasteiger partial charge in [0.2, 0.25) is 0 Å². The summed E-state index contributed by atoms with van der Waals surface area (Å²) in [6, 6.07) is 2.86. The minimum Gasteiger partial charge on any atom is -0.324 e. The Kier molecular flexibility index (Phi) is 3.22. The van der Waals surface area contributed by atoms with Crippen molar-refractivity contribution in [3.05, 3.63) is 34.6 Å². The Labute approximate surface area is 104 Å². The van der Waals surface area contributed by atoms with Gasteiger partial charge >= 0.3 is 6.18 Å². The van der Waals surface area contributed by atoms with Crippen LogP contribution < -0.4 is 5.73 Å². The van der Waals surface area contributed by atoms with E-state index in [1.807, 2.05) is 0 Å². The number of nitrogens with zero attached hydrogens (tertiary/aromatic N) is 4. The van der Waals surface area contributed by atoms with Gasteiger partial charge in [0, 0.05) is 0 Å². The van der Waals surface area contributed by atoms with Crippen LogP contribution in [0.4, 0.5) is 13.2 Å². The molecule has 0 aliphatic carbocycles. The average molecular weight is 278 g/mol. The molecule has 0 saturated heterocycles. The van der Waals surface area contributed by atoms with E-state index in [0.717, 1.165) is 23.0 Å². The highest BCUT2D eigenvalue weighted by Gasteiger charge is 2.31. The summed E-state index contributed by atoms with van der Waals surface area (Å²) in [5.41, 5.74) is 4.45. The summed E-state index contributed by atoms with van der Waals surface area (Å²) in [6.07, 6.45) is -4.46. The number of tetrazole rings is 1. The van der Waals surface area contributed by atoms with Crippen LogP contribution in [0, 0.1) is 0 Å². The number of aromatic nitrogens is 4. The summed E-state index contributed by atoms with van der Waals surface area (Å²) < 4.78 is 37.7. The first kappa shape index (κ1) is 12.8. The number of halogens is 4. The highest BCUT2D eigenvalue weighted by atomic mass is 35.5. The molecule has 1 heterocycles. The largest absolute Gasteiger partial charge is 0.416 e. The fraction of sp³-hybridized carbons (Fsp3) is 0.222. The first-order valence-corrected chi connectivity index (χ1v) is 5.15. The molecule has 18 heavy (non-hydrogen) atoms. The van der Waals surface area contributed by atoms with Crippen LogP contribution in [0.5, 0.6) is 0 Å². The Morgan fingerprint density at radius 2 is 2.06 bits per heavy atom. The molecule has 0 aliphatic heterocycles. The van der Waals surface area contributed by atoms with E-state index in [-0.39, 0.29) is 23.1 Å². The van der Waals surface area contributed by atoms with Crippen LogP contribution in [-0.4, -0.2) is 20.2 Å². The van der Waals surface area contributed by atoms with Gasteiger partial charge in [-0.05, 0) is 23.4 Å². The molecule has 0 aliphatic rings. The van der Waals surface area contributed by atoms with Crippen LogP contribution in [0.3, 0.4) is 0 Å². The molecule has 0 spiro atoms. The van der Waals surface area contributed by atoms with Gasteiger partial charge in [-0.3, -0.25) is 0 Å². The van der Waals surface area contributed by atoms with Gasteiger partial charge in [0.25, 0.3) is 0 Å². The zero-order valence-corrected chi connectivity index (χ0v) is 9.57. The molecule has 0 fully saturated rings. The van der Waals surface area contributed by atoms with Crippen LogP contribution in [0.15, 0.2) is 18.2 Å². The highest BCUT2D eigenvalue weighted by molar-refractivity contribution is 6.32. The lowest BCUT2D eigenvalue weighted by Gasteiger charge is -2.09. The van der Waals surface area contributed by atoms with E-state index in [0.29, 0.717) is 0 Å². The Hall–Kier alpha value is -1.67. The highest BCUT2D eigenvalue weighted by Crippen LogP contribution is 2.32. The Bertz CT molecular complexity index is 566. The molecule has 2 aromatic rings. The zero-order valence-electron chi connectivity index (χ0n) is 8.82. The zero-order chi connectivity index (χ0) is 13.3. The normalized spacial score (nSPS) is 11.8. The van der Waals surface area contributed by atoms with Crippen molar-refractivity contribution in [2.24, 2.45) is 5.73 Å². The van der Waals surface area contributed by atoms with E-state index in [2.05, 4.69) is 15.4 Å². The monoisotopic (exact) mass is 277 g/mol. The number of hydrogen-bond donors (Lipinski definition) is 1. The van der Waals surface area contributed by atoms with Crippen LogP contribution in [0.2, 0.25) is 5.02 Å². The molecule has 2 N–H and O–H groups in total. The van der Waals surface area contributed by atoms with Crippen LogP contribution in [0.25, 0.3) is 5.69 Å². The van der Waals surface area contributed by atoms with Gasteiger partial charge in [-0.2, -0.15) is 13.2 Å². The van der Waals surface area contributed by atoms with Gasteiger partial charge in [0.1, 0.15) is 5.69 Å². The molecule has 2 rings (SSSR count). The number of nitrogens with two attached hydrogens (primary N) is 1. The Morgan fingerprint density at radius 3 is 2.61 bits per heavy atom. The lowest BCUT2D eigenvalue weighted by Crippen LogP contribution is -2.08. The summed E-state index contributed by atoms with van der Waals surface area (Å²) in [7, 11) is 0. The van der Waals surface area contributed by atoms with Crippen LogP contribution in [0.1, 0.15) is 11.4 Å². The second kappa shape index (κ2) is 4.54. The molecule has 0 atom stereocenters. The molecule has 0 bridgehead atoms. The van der Waals surface area contributed by atoms with Gasteiger partial charge in [-0.15, -0.1) is 15.0 Å². The van der Waals surface area contributed by atoms with Crippen molar-refractivity contribution in [2.45, 2.75) is 12.7 Å². The van der Waals surface area contributed by atoms with E-state index < -0.39 is 11.7 Å². The molecule has 9 heteroatoms. The predicted octanol–water partition coefficient (Wildman–Crippen LogP) is 1.79. The van der Waals surface area contributed by atoms with Gasteiger partial charge in [-0.1, -0.05) is 11.6 Å². The summed E-state index contributed by atoms with van der Waals surface area (Å²) in [6.45, 7) is 0.0383. The maximum absolute atomic E-state index is 12.6. The fourth-order valence-corrected chi connectivity index (χ4v) is 1.46. The van der Waals surface area contributed by atoms with E-state index in [1.165, 1.54) is 0 Å². The lowest BCUT2D eigenvalue weighted by atomic mass is 10.2. The van der Waals surface area contributed by atoms with Crippen molar-refractivity contribution in [1.82, 2.24) is 20.2 Å². The standard InChI is InChI=1S/C9H7ClF3N5/c10-6-2-1-5(9(11,12)13)3-7(6)18-16-8(4-14)15-17-18/h1-3H,4,14H2. The molecular weight excluding hydrogens is 271 g/mol. The van der Waals surface area contributed by atoms with Gasteiger partial charge in [0.15, 0.2) is 5.82 Å². The fourth-order valence-electron chi connectivity index (χ4n) is 1.27. The van der Waals surface area contributed by atoms with Crippen molar-refractivity contribution >= 4 is 11.6 Å². The quantitative estimate of drug-likeness (QED) is 0.909. The molecule has 96 valence electrons. The van der Waals surface area contributed by atoms with Crippen LogP contribution in [-0.2, 0) is 12.7 Å². The molecule has 0 radical (unpaired) electrons. The van der Waals surface area contributed by atoms with Crippen molar-refractivity contribution in [3.63, 3.8) is 0 Å². The smallest absolute Gasteiger partial charge is 0.324 e. The summed E-state index contributed by atoms with van der Waals surface area (Å²) in [5, 5.41) is 11.0. The minimum atomic E-state index is -4.46. The second-order valence-corrected chi connectivity index (χ2v) is 3.77. The maximum Gasteiger partial charge on any atom is 0.416 e. The summed E-state index contributed by atoms with van der Waals surface area (Å²) in [4.78, 5) is 0.916. The van der Waals surface area contributed by atoms with E-state index in [1.54, 1.807) is 0 Å². The Morgan fingerprint density at radius 1 is 1.33 bits per heavy atom. The number of rotatable bonds is 2. The summed E-state index contributed by atoms with van der Waals surface area (Å²) in [5.74, 6) is 0.212. The number of hydrogen-bond acceptors (Lipinski definition) is 4. The molecule has 0 saturated carbocycles. The van der Waals surface area contributed by atoms with Crippen LogP contribution >= 0.6 is 11.6 Å². The Balaban J connectivity index is 2.49. The van der Waals surface area contributed by atoms with Crippen molar-refractivity contribution in [3.8, 4) is 5.69 Å². The molecule has 0 amide bonds. The molecule has 5 nitrogen and oxygen atoms in total. The number of alkyl halides is 3. The maximum atomic E-state index is 12.6. The van der Waals surface area contributed by atoms with Crippen molar-refractivity contribution < 1.29 is 13.2 Å². The van der Waals surface area contributed by atoms with E-state index in [9.17, 15) is 13.2 Å². The average Bonchev–Trinajstić information content (AvgIpc) is 2.76. The minimum absolute atomic E-state index is 0.00121. The van der Waals surface area contributed by atoms with Crippen molar-refractivity contribution in [1.29, 1.82) is 0 Å². The molecule has 0 unspecified atom stereocenters. The second-order valence-electron chi connectivity index (χ2n) is 3.36. The third-order valence-corrected chi connectivity index (χ3v) is 2.45. The first-order valence-electron chi connectivity index (χ1n) is 4.78. The molecule has 1 aromatic carbocycles. The van der Waals surface area contributed by atoms with Gasteiger partial charge in [0.05, 0.1) is 17.1 Å². The third-order valence-electron chi connectivity index (χ3n) is 2.13. The topological polar surface area (TPSA) is 69.6 Å². The van der Waals surface area contributed by atoms with E-state index >= 15 is 0 Å². The molecule has 1 aromatic heterocycles. The third kappa shape index (κ3) is 2.44. The predicted molar refractivity (Wildman–Crippen MR) is 57.1 cm³/mol.